The van der Waals surface area contributed by atoms with Gasteiger partial charge in [-0.15, -0.1) is 0 Å². The molecule has 0 saturated heterocycles. The van der Waals surface area contributed by atoms with Crippen LogP contribution in [-0.4, -0.2) is 76.7 Å². The predicted molar refractivity (Wildman–Crippen MR) is 410 cm³/mol. The monoisotopic (exact) mass is 2160 g/mol. The largest absolute Gasteiger partial charge is 3.00 e. The van der Waals surface area contributed by atoms with Crippen molar-refractivity contribution in [2.24, 2.45) is 0 Å². The van der Waals surface area contributed by atoms with E-state index in [1.54, 1.807) is 97.6 Å². The Morgan fingerprint density at radius 1 is 0.210 bits per heavy atom. The van der Waals surface area contributed by atoms with Crippen molar-refractivity contribution >= 4 is 171 Å². The van der Waals surface area contributed by atoms with Crippen LogP contribution in [0.5, 0.6) is 0 Å². The number of carbonyl (C=O) groups is 6. The zero-order valence-electron chi connectivity index (χ0n) is 51.6. The van der Waals surface area contributed by atoms with E-state index in [2.05, 4.69) is 165 Å². The Bertz CT molecular complexity index is 3750. The predicted octanol–water partition coefficient (Wildman–Crippen LogP) is 8.69. The summed E-state index contributed by atoms with van der Waals surface area (Å²) < 4.78 is 6.10. The Hall–Kier alpha value is -6.45. The third-order valence-electron chi connectivity index (χ3n) is 11.7. The summed E-state index contributed by atoms with van der Waals surface area (Å²) >= 11 is 12.6. The van der Waals surface area contributed by atoms with Gasteiger partial charge < -0.3 is 70.4 Å². The van der Waals surface area contributed by atoms with Gasteiger partial charge in [0.25, 0.3) is 0 Å². The second-order valence-electron chi connectivity index (χ2n) is 18.4. The molecule has 4 N–H and O–H groups in total. The number of aromatic carboxylic acids is 6. The maximum Gasteiger partial charge on any atom is 3.00 e. The van der Waals surface area contributed by atoms with E-state index in [0.717, 1.165) is 67.0 Å². The van der Waals surface area contributed by atoms with Gasteiger partial charge in [-0.3, -0.25) is 19.9 Å². The van der Waals surface area contributed by atoms with Crippen molar-refractivity contribution in [1.29, 1.82) is 0 Å². The van der Waals surface area contributed by atoms with E-state index >= 15 is 0 Å². The maximum atomic E-state index is 10.2. The zero-order valence-corrected chi connectivity index (χ0v) is 70.2. The van der Waals surface area contributed by atoms with E-state index in [-0.39, 0.29) is 110 Å². The van der Waals surface area contributed by atoms with Gasteiger partial charge in [0.05, 0.1) is 81.4 Å². The first-order valence-electron chi connectivity index (χ1n) is 27.5. The summed E-state index contributed by atoms with van der Waals surface area (Å²) in [6, 6.07) is 74.0. The Morgan fingerprint density at radius 2 is 0.350 bits per heavy atom. The van der Waals surface area contributed by atoms with Crippen LogP contribution < -0.4 is 30.6 Å². The summed E-state index contributed by atoms with van der Waals surface area (Å²) in [5.74, 6) is -6.77. The van der Waals surface area contributed by atoms with Crippen molar-refractivity contribution in [3.05, 3.63) is 334 Å². The maximum absolute atomic E-state index is 10.2. The molecule has 28 heteroatoms. The smallest absolute Gasteiger partial charge is 0.545 e. The number of rotatable bonds is 10. The molecule has 0 spiro atoms. The van der Waals surface area contributed by atoms with Crippen LogP contribution in [0.2, 0.25) is 0 Å². The molecule has 6 aromatic heterocycles. The molecule has 6 aromatic carbocycles. The number of carboxylic acid groups (broad SMARTS) is 6. The van der Waals surface area contributed by atoms with Gasteiger partial charge in [0.1, 0.15) is 0 Å². The van der Waals surface area contributed by atoms with Crippen molar-refractivity contribution in [3.63, 3.8) is 0 Å². The molecule has 12 aromatic rings. The Labute approximate surface area is 707 Å². The minimum Gasteiger partial charge on any atom is -0.545 e. The van der Waals surface area contributed by atoms with Crippen LogP contribution >= 0.6 is 136 Å². The number of nitrogens with zero attached hydrogens (tertiary/aromatic N) is 6. The summed E-state index contributed by atoms with van der Waals surface area (Å²) in [5.41, 5.74) is 8.26. The summed E-state index contributed by atoms with van der Waals surface area (Å²) in [5, 5.41) is 61.2. The summed E-state index contributed by atoms with van der Waals surface area (Å²) in [7, 11) is 0. The normalized spacial score (nSPS) is 9.26. The molecule has 12 rings (SSSR count). The second kappa shape index (κ2) is 50.8. The molecular formula is C72H50I6N6O14Y2. The minimum atomic E-state index is -1.13. The molecule has 0 aliphatic heterocycles. The SMILES string of the molecule is O.O.O=C([O-])c1ccc(I)cc1.O=C([O-])c1ccc(I)cc1.O=C([O-])c1ccc(I)cc1.O=C([O-])c1ccc(I)cc1.O=C([O-])c1ccc(I)cc1.O=C([O-])c1ccc(I)cc1.[Y+3].[Y+3].c1ccc(-c2cccc(-c3ccccn3)n2)nc1.c1ccc(-c2cccc(-c3ccccn3)n2)nc1. The van der Waals surface area contributed by atoms with Crippen LogP contribution in [0.1, 0.15) is 62.1 Å². The fraction of sp³-hybridized carbons (Fsp3) is 0. The van der Waals surface area contributed by atoms with Gasteiger partial charge in [-0.25, -0.2) is 9.97 Å². The van der Waals surface area contributed by atoms with Gasteiger partial charge in [0.2, 0.25) is 0 Å². The molecule has 0 unspecified atom stereocenters. The molecule has 0 radical (unpaired) electrons. The number of aromatic nitrogens is 6. The first kappa shape index (κ1) is 91.6. The summed E-state index contributed by atoms with van der Waals surface area (Å²) in [6.45, 7) is 0. The Balaban J connectivity index is 0.000000577. The van der Waals surface area contributed by atoms with E-state index < -0.39 is 35.8 Å². The zero-order chi connectivity index (χ0) is 69.8. The van der Waals surface area contributed by atoms with Gasteiger partial charge in [-0.05, 0) is 315 Å². The standard InChI is InChI=1S/2C15H11N3.6C7H5IO2.2H2O.2Y/c2*1-3-10-16-12(6-1)14-8-5-9-15(18-14)13-7-2-4-11-17-13;6*8-6-3-1-5(2-4-6)7(9)10;;;;/h2*1-11H;6*1-4H,(H,9,10);2*1H2;;/q;;;;;;;;;;2*+3/p-6. The third-order valence-corrected chi connectivity index (χ3v) is 16.0. The summed E-state index contributed by atoms with van der Waals surface area (Å²) in [6.07, 6.45) is 7.07. The fourth-order valence-electron chi connectivity index (χ4n) is 7.01. The molecule has 20 nitrogen and oxygen atoms in total. The number of hydrogen-bond acceptors (Lipinski definition) is 18. The number of benzene rings is 6. The van der Waals surface area contributed by atoms with E-state index in [4.69, 9.17) is 0 Å². The number of carboxylic acids is 6. The van der Waals surface area contributed by atoms with Crippen molar-refractivity contribution in [2.75, 3.05) is 0 Å². The van der Waals surface area contributed by atoms with Crippen molar-refractivity contribution in [2.45, 2.75) is 0 Å². The molecule has 0 aliphatic rings. The van der Waals surface area contributed by atoms with Crippen molar-refractivity contribution in [3.8, 4) is 45.6 Å². The van der Waals surface area contributed by atoms with Gasteiger partial charge >= 0.3 is 65.4 Å². The van der Waals surface area contributed by atoms with Crippen molar-refractivity contribution in [1.82, 2.24) is 29.9 Å². The fourth-order valence-corrected chi connectivity index (χ4v) is 9.17. The molecule has 0 bridgehead atoms. The molecule has 500 valence electrons. The van der Waals surface area contributed by atoms with Crippen LogP contribution in [0.15, 0.2) is 280 Å². The Kier molecular flexibility index (Phi) is 46.5. The van der Waals surface area contributed by atoms with Gasteiger partial charge in [0.15, 0.2) is 0 Å². The van der Waals surface area contributed by atoms with Gasteiger partial charge in [-0.2, -0.15) is 0 Å². The average Bonchev–Trinajstić information content (AvgIpc) is 0.848. The minimum absolute atomic E-state index is 0. The van der Waals surface area contributed by atoms with E-state index in [1.807, 2.05) is 109 Å². The number of hydrogen-bond donors (Lipinski definition) is 0. The van der Waals surface area contributed by atoms with Crippen LogP contribution in [0.25, 0.3) is 45.6 Å². The molecule has 0 saturated carbocycles. The number of pyridine rings is 6. The van der Waals surface area contributed by atoms with Crippen LogP contribution in [0.4, 0.5) is 0 Å². The van der Waals surface area contributed by atoms with Gasteiger partial charge in [0, 0.05) is 46.2 Å². The van der Waals surface area contributed by atoms with Crippen LogP contribution in [0, 0.1) is 21.4 Å². The van der Waals surface area contributed by atoms with Gasteiger partial charge in [-0.1, -0.05) is 109 Å². The molecule has 0 amide bonds. The topological polar surface area (TPSA) is 381 Å². The molecule has 0 atom stereocenters. The number of halogens is 6. The van der Waals surface area contributed by atoms with E-state index in [1.165, 1.54) is 72.8 Å². The van der Waals surface area contributed by atoms with E-state index in [9.17, 15) is 59.4 Å². The molecule has 0 aliphatic carbocycles. The second-order valence-corrected chi connectivity index (χ2v) is 25.9. The van der Waals surface area contributed by atoms with Crippen molar-refractivity contribution < 1.29 is 136 Å². The average molecular weight is 2160 g/mol. The number of carbonyl (C=O) groups excluding carboxylic acids is 6. The van der Waals surface area contributed by atoms with Crippen LogP contribution in [-0.2, 0) is 65.4 Å². The third kappa shape index (κ3) is 35.4. The first-order chi connectivity index (χ1) is 46.1. The Morgan fingerprint density at radius 3 is 0.470 bits per heavy atom. The molecule has 6 heterocycles. The first-order valence-corrected chi connectivity index (χ1v) is 33.9. The summed E-state index contributed by atoms with van der Waals surface area (Å²) in [4.78, 5) is 87.6. The quantitative estimate of drug-likeness (QED) is 0.115. The van der Waals surface area contributed by atoms with E-state index in [0.29, 0.717) is 0 Å². The molecule has 0 fully saturated rings. The molecule has 100 heavy (non-hydrogen) atoms. The van der Waals surface area contributed by atoms with Crippen LogP contribution in [0.3, 0.4) is 0 Å². The molecular weight excluding hydrogens is 2110 g/mol.